The molecule has 7 heteroatoms. The van der Waals surface area contributed by atoms with Gasteiger partial charge in [-0.1, -0.05) is 18.2 Å². The zero-order valence-corrected chi connectivity index (χ0v) is 18.9. The van der Waals surface area contributed by atoms with Gasteiger partial charge >= 0.3 is 6.09 Å². The number of anilines is 1. The summed E-state index contributed by atoms with van der Waals surface area (Å²) in [6.07, 6.45) is 3.45. The molecular weight excluding hydrogens is 394 g/mol. The lowest BCUT2D eigenvalue weighted by atomic mass is 9.91. The molecule has 1 unspecified atom stereocenters. The number of likely N-dealkylation sites (tertiary alicyclic amines) is 2. The fraction of sp³-hybridized carbons (Fsp3) is 0.625. The molecule has 0 aliphatic carbocycles. The van der Waals surface area contributed by atoms with Crippen molar-refractivity contribution in [1.82, 2.24) is 9.80 Å². The predicted octanol–water partition coefficient (Wildman–Crippen LogP) is 3.90. The molecule has 3 rings (SSSR count). The van der Waals surface area contributed by atoms with Crippen LogP contribution in [0.15, 0.2) is 30.3 Å². The lowest BCUT2D eigenvalue weighted by molar-refractivity contribution is -0.135. The van der Waals surface area contributed by atoms with Gasteiger partial charge in [0.25, 0.3) is 0 Å². The molecule has 31 heavy (non-hydrogen) atoms. The molecule has 0 aromatic heterocycles. The molecule has 2 aliphatic heterocycles. The van der Waals surface area contributed by atoms with Gasteiger partial charge in [0.15, 0.2) is 0 Å². The van der Waals surface area contributed by atoms with Gasteiger partial charge in [0.1, 0.15) is 5.60 Å². The highest BCUT2D eigenvalue weighted by Crippen LogP contribution is 2.25. The molecule has 0 bridgehead atoms. The number of carbonyl (C=O) groups excluding carboxylic acids is 3. The Kier molecular flexibility index (Phi) is 7.57. The lowest BCUT2D eigenvalue weighted by Crippen LogP contribution is -2.45. The van der Waals surface area contributed by atoms with Gasteiger partial charge in [-0.05, 0) is 64.5 Å². The quantitative estimate of drug-likeness (QED) is 0.787. The Balaban J connectivity index is 1.44. The molecule has 3 amide bonds. The van der Waals surface area contributed by atoms with Gasteiger partial charge in [-0.25, -0.2) is 4.79 Å². The van der Waals surface area contributed by atoms with Crippen molar-refractivity contribution >= 4 is 23.6 Å². The van der Waals surface area contributed by atoms with Crippen molar-refractivity contribution in [2.24, 2.45) is 11.8 Å². The fourth-order valence-corrected chi connectivity index (χ4v) is 4.21. The number of rotatable bonds is 4. The second-order valence-electron chi connectivity index (χ2n) is 9.65. The molecular formula is C24H35N3O4. The highest BCUT2D eigenvalue weighted by atomic mass is 16.6. The zero-order valence-electron chi connectivity index (χ0n) is 18.9. The van der Waals surface area contributed by atoms with Crippen LogP contribution in [0.5, 0.6) is 0 Å². The number of para-hydroxylation sites is 1. The first-order valence-electron chi connectivity index (χ1n) is 11.3. The molecule has 2 aliphatic rings. The second-order valence-corrected chi connectivity index (χ2v) is 9.65. The Morgan fingerprint density at radius 3 is 2.32 bits per heavy atom. The third-order valence-corrected chi connectivity index (χ3v) is 5.92. The topological polar surface area (TPSA) is 79.0 Å². The molecule has 0 spiro atoms. The van der Waals surface area contributed by atoms with Crippen LogP contribution < -0.4 is 5.32 Å². The van der Waals surface area contributed by atoms with Crippen molar-refractivity contribution in [2.45, 2.75) is 58.5 Å². The number of hydrogen-bond acceptors (Lipinski definition) is 4. The SMILES string of the molecule is CC(C)(C)OC(=O)N1CCC(CC(=O)N2CCCC(C(=O)Nc3ccccc3)C2)CC1. The number of carbonyl (C=O) groups is 3. The number of ether oxygens (including phenoxy) is 1. The molecule has 0 radical (unpaired) electrons. The fourth-order valence-electron chi connectivity index (χ4n) is 4.21. The first kappa shape index (κ1) is 23.1. The van der Waals surface area contributed by atoms with E-state index in [9.17, 15) is 14.4 Å². The van der Waals surface area contributed by atoms with Crippen LogP contribution in [0.4, 0.5) is 10.5 Å². The van der Waals surface area contributed by atoms with Crippen molar-refractivity contribution in [3.63, 3.8) is 0 Å². The highest BCUT2D eigenvalue weighted by Gasteiger charge is 2.32. The van der Waals surface area contributed by atoms with E-state index in [0.29, 0.717) is 32.6 Å². The van der Waals surface area contributed by atoms with Crippen molar-refractivity contribution in [1.29, 1.82) is 0 Å². The van der Waals surface area contributed by atoms with Gasteiger partial charge in [-0.3, -0.25) is 9.59 Å². The van der Waals surface area contributed by atoms with Crippen LogP contribution in [-0.2, 0) is 14.3 Å². The standard InChI is InChI=1S/C24H35N3O4/c1-24(2,3)31-23(30)26-14-11-18(12-15-26)16-21(28)27-13-7-8-19(17-27)22(29)25-20-9-5-4-6-10-20/h4-6,9-10,18-19H,7-8,11-17H2,1-3H3,(H,25,29). The summed E-state index contributed by atoms with van der Waals surface area (Å²) in [5.41, 5.74) is 0.286. The molecule has 170 valence electrons. The summed E-state index contributed by atoms with van der Waals surface area (Å²) in [4.78, 5) is 41.3. The predicted molar refractivity (Wildman–Crippen MR) is 120 cm³/mol. The van der Waals surface area contributed by atoms with Crippen LogP contribution in [0.3, 0.4) is 0 Å². The normalized spacial score (nSPS) is 20.3. The number of benzene rings is 1. The van der Waals surface area contributed by atoms with Gasteiger partial charge in [0, 0.05) is 38.3 Å². The smallest absolute Gasteiger partial charge is 0.410 e. The first-order chi connectivity index (χ1) is 14.7. The van der Waals surface area contributed by atoms with E-state index in [4.69, 9.17) is 4.74 Å². The van der Waals surface area contributed by atoms with Crippen LogP contribution >= 0.6 is 0 Å². The number of amides is 3. The molecule has 1 aromatic rings. The van der Waals surface area contributed by atoms with Gasteiger partial charge < -0.3 is 19.9 Å². The summed E-state index contributed by atoms with van der Waals surface area (Å²) in [6.45, 7) is 8.02. The number of hydrogen-bond donors (Lipinski definition) is 1. The minimum atomic E-state index is -0.499. The van der Waals surface area contributed by atoms with Crippen LogP contribution in [0.2, 0.25) is 0 Å². The third kappa shape index (κ3) is 6.97. The van der Waals surface area contributed by atoms with Crippen molar-refractivity contribution in [2.75, 3.05) is 31.5 Å². The van der Waals surface area contributed by atoms with E-state index in [2.05, 4.69) is 5.32 Å². The van der Waals surface area contributed by atoms with Gasteiger partial charge in [0.05, 0.1) is 5.92 Å². The molecule has 2 fully saturated rings. The lowest BCUT2D eigenvalue weighted by Gasteiger charge is -2.35. The van der Waals surface area contributed by atoms with E-state index >= 15 is 0 Å². The van der Waals surface area contributed by atoms with E-state index in [1.165, 1.54) is 0 Å². The molecule has 1 atom stereocenters. The third-order valence-electron chi connectivity index (χ3n) is 5.92. The molecule has 2 heterocycles. The molecule has 2 saturated heterocycles. The maximum Gasteiger partial charge on any atom is 0.410 e. The second kappa shape index (κ2) is 10.2. The molecule has 7 nitrogen and oxygen atoms in total. The average molecular weight is 430 g/mol. The van der Waals surface area contributed by atoms with Crippen molar-refractivity contribution in [3.05, 3.63) is 30.3 Å². The van der Waals surface area contributed by atoms with Crippen LogP contribution in [0.1, 0.15) is 52.9 Å². The van der Waals surface area contributed by atoms with E-state index < -0.39 is 5.60 Å². The maximum atomic E-state index is 12.9. The summed E-state index contributed by atoms with van der Waals surface area (Å²) in [5.74, 6) is 0.193. The van der Waals surface area contributed by atoms with Crippen molar-refractivity contribution in [3.8, 4) is 0 Å². The van der Waals surface area contributed by atoms with Crippen LogP contribution in [-0.4, -0.2) is 59.5 Å². The molecule has 1 N–H and O–H groups in total. The van der Waals surface area contributed by atoms with E-state index in [-0.39, 0.29) is 29.7 Å². The summed E-state index contributed by atoms with van der Waals surface area (Å²) in [7, 11) is 0. The number of nitrogens with one attached hydrogen (secondary N) is 1. The number of piperidine rings is 2. The zero-order chi connectivity index (χ0) is 22.4. The Labute approximate surface area is 185 Å². The monoisotopic (exact) mass is 429 g/mol. The number of nitrogens with zero attached hydrogens (tertiary/aromatic N) is 2. The highest BCUT2D eigenvalue weighted by molar-refractivity contribution is 5.93. The maximum absolute atomic E-state index is 12.9. The molecule has 1 aromatic carbocycles. The summed E-state index contributed by atoms with van der Waals surface area (Å²) >= 11 is 0. The minimum absolute atomic E-state index is 0.0191. The van der Waals surface area contributed by atoms with E-state index in [1.807, 2.05) is 56.0 Å². The van der Waals surface area contributed by atoms with E-state index in [0.717, 1.165) is 31.4 Å². The summed E-state index contributed by atoms with van der Waals surface area (Å²) in [6, 6.07) is 9.43. The minimum Gasteiger partial charge on any atom is -0.444 e. The Hall–Kier alpha value is -2.57. The summed E-state index contributed by atoms with van der Waals surface area (Å²) in [5, 5.41) is 2.96. The largest absolute Gasteiger partial charge is 0.444 e. The van der Waals surface area contributed by atoms with Crippen LogP contribution in [0.25, 0.3) is 0 Å². The van der Waals surface area contributed by atoms with E-state index in [1.54, 1.807) is 4.90 Å². The Bertz CT molecular complexity index is 767. The first-order valence-corrected chi connectivity index (χ1v) is 11.3. The Morgan fingerprint density at radius 2 is 1.68 bits per heavy atom. The van der Waals surface area contributed by atoms with Gasteiger partial charge in [0.2, 0.25) is 11.8 Å². The van der Waals surface area contributed by atoms with Crippen molar-refractivity contribution < 1.29 is 19.1 Å². The average Bonchev–Trinajstić information content (AvgIpc) is 2.74. The van der Waals surface area contributed by atoms with Gasteiger partial charge in [-0.15, -0.1) is 0 Å². The van der Waals surface area contributed by atoms with Crippen LogP contribution in [0, 0.1) is 11.8 Å². The van der Waals surface area contributed by atoms with Gasteiger partial charge in [-0.2, -0.15) is 0 Å². The summed E-state index contributed by atoms with van der Waals surface area (Å²) < 4.78 is 5.44. The molecule has 0 saturated carbocycles. The Morgan fingerprint density at radius 1 is 1.00 bits per heavy atom.